The summed E-state index contributed by atoms with van der Waals surface area (Å²) in [5, 5.41) is 0. The van der Waals surface area contributed by atoms with E-state index in [4.69, 9.17) is 0 Å². The molecule has 0 heteroatoms. The lowest BCUT2D eigenvalue weighted by molar-refractivity contribution is 0.397. The Morgan fingerprint density at radius 1 is 0.333 bits per heavy atom. The van der Waals surface area contributed by atoms with Gasteiger partial charge in [-0.2, -0.15) is 0 Å². The predicted molar refractivity (Wildman–Crippen MR) is 233 cm³/mol. The first kappa shape index (κ1) is 60.9. The molecule has 0 spiro atoms. The molecular formula is C48H92. The molecule has 284 valence electrons. The smallest absolute Gasteiger partial charge is 0.0385 e. The fourth-order valence-electron chi connectivity index (χ4n) is 1.58. The fourth-order valence-corrected chi connectivity index (χ4v) is 1.58. The average Bonchev–Trinajstić information content (AvgIpc) is 3.07. The molecule has 3 aromatic rings. The van der Waals surface area contributed by atoms with E-state index < -0.39 is 0 Å². The van der Waals surface area contributed by atoms with Gasteiger partial charge in [0, 0.05) is 0 Å². The monoisotopic (exact) mass is 669 g/mol. The summed E-state index contributed by atoms with van der Waals surface area (Å²) in [4.78, 5) is 0. The molecule has 3 rings (SSSR count). The van der Waals surface area contributed by atoms with Crippen molar-refractivity contribution in [3.05, 3.63) is 108 Å². The third-order valence-corrected chi connectivity index (χ3v) is 6.21. The molecular weight excluding hydrogens is 577 g/mol. The van der Waals surface area contributed by atoms with Crippen LogP contribution < -0.4 is 0 Å². The van der Waals surface area contributed by atoms with Crippen LogP contribution in [0, 0.1) is 37.0 Å². The second-order valence-corrected chi connectivity index (χ2v) is 14.3. The number of hydrogen-bond donors (Lipinski definition) is 0. The molecule has 0 atom stereocenters. The molecule has 0 aliphatic carbocycles. The minimum atomic E-state index is 0.542. The van der Waals surface area contributed by atoms with Crippen molar-refractivity contribution in [1.82, 2.24) is 0 Å². The Balaban J connectivity index is -0.0000000804. The van der Waals surface area contributed by atoms with E-state index >= 15 is 0 Å². The molecule has 0 N–H and O–H groups in total. The van der Waals surface area contributed by atoms with Gasteiger partial charge in [-0.15, -0.1) is 0 Å². The normalized spacial score (nSPS) is 9.06. The van der Waals surface area contributed by atoms with Crippen molar-refractivity contribution < 1.29 is 0 Å². The van der Waals surface area contributed by atoms with Crippen molar-refractivity contribution in [1.29, 1.82) is 0 Å². The maximum atomic E-state index is 2.24. The molecule has 0 heterocycles. The topological polar surface area (TPSA) is 0 Å². The summed E-state index contributed by atoms with van der Waals surface area (Å²) in [5.41, 5.74) is 5.68. The van der Waals surface area contributed by atoms with Crippen LogP contribution in [0.15, 0.2) is 91.0 Å². The van der Waals surface area contributed by atoms with Crippen LogP contribution in [-0.4, -0.2) is 0 Å². The molecule has 0 unspecified atom stereocenters. The van der Waals surface area contributed by atoms with Crippen LogP contribution in [0.5, 0.6) is 0 Å². The van der Waals surface area contributed by atoms with Gasteiger partial charge in [0.05, 0.1) is 0 Å². The van der Waals surface area contributed by atoms with Crippen molar-refractivity contribution in [3.8, 4) is 0 Å². The molecule has 0 saturated carbocycles. The van der Waals surface area contributed by atoms with E-state index in [-0.39, 0.29) is 0 Å². The first-order valence-corrected chi connectivity index (χ1v) is 19.3. The van der Waals surface area contributed by atoms with E-state index in [9.17, 15) is 0 Å². The van der Waals surface area contributed by atoms with Crippen molar-refractivity contribution >= 4 is 0 Å². The summed E-state index contributed by atoms with van der Waals surface area (Å²) >= 11 is 0. The van der Waals surface area contributed by atoms with E-state index in [1.807, 2.05) is 96.1 Å². The molecule has 0 fully saturated rings. The molecule has 0 aromatic heterocycles. The molecule has 0 aliphatic heterocycles. The Morgan fingerprint density at radius 2 is 0.479 bits per heavy atom. The summed E-state index contributed by atoms with van der Waals surface area (Å²) in [7, 11) is 0. The lowest BCUT2D eigenvalue weighted by Gasteiger charge is -2.12. The van der Waals surface area contributed by atoms with Gasteiger partial charge in [0.1, 0.15) is 0 Å². The van der Waals surface area contributed by atoms with Crippen molar-refractivity contribution in [2.45, 2.75) is 185 Å². The van der Waals surface area contributed by atoms with Crippen LogP contribution in [0.1, 0.15) is 181 Å². The largest absolute Gasteiger partial charge is 0.0683 e. The highest BCUT2D eigenvalue weighted by molar-refractivity contribution is 5.23. The zero-order valence-corrected chi connectivity index (χ0v) is 37.5. The molecule has 0 nitrogen and oxygen atoms in total. The van der Waals surface area contributed by atoms with E-state index in [2.05, 4.69) is 154 Å². The Hall–Kier alpha value is -2.34. The number of benzene rings is 3. The van der Waals surface area contributed by atoms with Gasteiger partial charge in [-0.1, -0.05) is 261 Å². The Kier molecular flexibility index (Phi) is 56.7. The van der Waals surface area contributed by atoms with E-state index in [1.54, 1.807) is 0 Å². The highest BCUT2D eigenvalue weighted by Gasteiger charge is 2.04. The first-order chi connectivity index (χ1) is 22.3. The summed E-state index contributed by atoms with van der Waals surface area (Å²) in [6.45, 7) is 49.4. The summed E-state index contributed by atoms with van der Waals surface area (Å²) in [6, 6.07) is 30.6. The van der Waals surface area contributed by atoms with E-state index in [1.165, 1.54) is 42.4 Å². The van der Waals surface area contributed by atoms with Gasteiger partial charge >= 0.3 is 0 Å². The van der Waals surface area contributed by atoms with Gasteiger partial charge in [0.25, 0.3) is 0 Å². The van der Waals surface area contributed by atoms with Gasteiger partial charge in [-0.3, -0.25) is 0 Å². The second-order valence-electron chi connectivity index (χ2n) is 14.3. The number of aryl methyl sites for hydroxylation is 3. The second kappa shape index (κ2) is 44.7. The summed E-state index contributed by atoms with van der Waals surface area (Å²) < 4.78 is 0. The standard InChI is InChI=1S/C8H10.C7H8.C6H6.3C6H14.C3H8.3C2H6/c1-7-5-3-4-6-8(7)2;1-7-5-3-2-4-6-7;1-2-4-6-5-3-1;3*1-5-6(2,3)4;1-3-2;3*1-2/h3-6H,1-2H3;2-6H,1H3;1-6H;3*5H2,1-4H3;3H2,1-2H3;3*1-2H3. The minimum absolute atomic E-state index is 0.542. The third-order valence-electron chi connectivity index (χ3n) is 6.21. The van der Waals surface area contributed by atoms with Crippen LogP contribution in [-0.2, 0) is 0 Å². The maximum absolute atomic E-state index is 2.24. The molecule has 0 aliphatic rings. The highest BCUT2D eigenvalue weighted by atomic mass is 14.1. The first-order valence-electron chi connectivity index (χ1n) is 19.3. The average molecular weight is 669 g/mol. The quantitative estimate of drug-likeness (QED) is 0.224. The molecule has 0 amide bonds. The summed E-state index contributed by atoms with van der Waals surface area (Å²) in [5.74, 6) is 0. The van der Waals surface area contributed by atoms with Crippen LogP contribution >= 0.6 is 0 Å². The predicted octanol–water partition coefficient (Wildman–Crippen LogP) is 17.8. The lowest BCUT2D eigenvalue weighted by atomic mass is 9.94. The van der Waals surface area contributed by atoms with Gasteiger partial charge < -0.3 is 0 Å². The van der Waals surface area contributed by atoms with Gasteiger partial charge in [0.15, 0.2) is 0 Å². The Labute approximate surface area is 308 Å². The van der Waals surface area contributed by atoms with E-state index in [0.29, 0.717) is 16.2 Å². The fraction of sp³-hybridized carbons (Fsp3) is 0.625. The van der Waals surface area contributed by atoms with Crippen molar-refractivity contribution in [3.63, 3.8) is 0 Å². The number of rotatable bonds is 0. The maximum Gasteiger partial charge on any atom is -0.0385 e. The zero-order valence-electron chi connectivity index (χ0n) is 37.5. The molecule has 0 saturated heterocycles. The minimum Gasteiger partial charge on any atom is -0.0683 e. The molecule has 3 aromatic carbocycles. The van der Waals surface area contributed by atoms with Crippen LogP contribution in [0.3, 0.4) is 0 Å². The van der Waals surface area contributed by atoms with Crippen molar-refractivity contribution in [2.75, 3.05) is 0 Å². The Morgan fingerprint density at radius 3 is 0.583 bits per heavy atom. The summed E-state index contributed by atoms with van der Waals surface area (Å²) in [6.07, 6.45) is 5.06. The van der Waals surface area contributed by atoms with Gasteiger partial charge in [-0.05, 0) is 48.1 Å². The SMILES string of the molecule is CC.CC.CC.CCC.CCC(C)(C)C.CCC(C)(C)C.CCC(C)(C)C.Cc1ccccc1.Cc1ccccc1C.c1ccccc1. The molecule has 0 radical (unpaired) electrons. The van der Waals surface area contributed by atoms with E-state index in [0.717, 1.165) is 0 Å². The van der Waals surface area contributed by atoms with Crippen LogP contribution in [0.25, 0.3) is 0 Å². The molecule has 48 heavy (non-hydrogen) atoms. The van der Waals surface area contributed by atoms with Crippen LogP contribution in [0.4, 0.5) is 0 Å². The lowest BCUT2D eigenvalue weighted by Crippen LogP contribution is -2.00. The van der Waals surface area contributed by atoms with Gasteiger partial charge in [0.2, 0.25) is 0 Å². The van der Waals surface area contributed by atoms with Gasteiger partial charge in [-0.25, -0.2) is 0 Å². The molecule has 0 bridgehead atoms. The highest BCUT2D eigenvalue weighted by Crippen LogP contribution is 2.17. The third kappa shape index (κ3) is 79.3. The Bertz CT molecular complexity index is 804. The number of hydrogen-bond acceptors (Lipinski definition) is 0. The zero-order chi connectivity index (χ0) is 39.7. The van der Waals surface area contributed by atoms with Crippen LogP contribution in [0.2, 0.25) is 0 Å². The van der Waals surface area contributed by atoms with Crippen molar-refractivity contribution in [2.24, 2.45) is 16.2 Å².